The van der Waals surface area contributed by atoms with Crippen LogP contribution in [0, 0.1) is 0 Å². The summed E-state index contributed by atoms with van der Waals surface area (Å²) in [4.78, 5) is 2.39. The molecule has 0 aromatic heterocycles. The lowest BCUT2D eigenvalue weighted by molar-refractivity contribution is 0.287. The summed E-state index contributed by atoms with van der Waals surface area (Å²) in [5.74, 6) is 1.36. The Morgan fingerprint density at radius 1 is 1.00 bits per heavy atom. The van der Waals surface area contributed by atoms with E-state index in [1.54, 1.807) is 0 Å². The molecule has 0 saturated heterocycles. The highest BCUT2D eigenvalue weighted by molar-refractivity contribution is 6.32. The zero-order valence-electron chi connectivity index (χ0n) is 15.1. The molecule has 0 atom stereocenters. The van der Waals surface area contributed by atoms with Crippen molar-refractivity contribution in [1.29, 1.82) is 0 Å². The van der Waals surface area contributed by atoms with Crippen molar-refractivity contribution in [3.05, 3.63) is 22.7 Å². The summed E-state index contributed by atoms with van der Waals surface area (Å²) in [6.07, 6.45) is 0. The third-order valence-corrected chi connectivity index (χ3v) is 3.77. The first kappa shape index (κ1) is 25.8. The first-order valence-corrected chi connectivity index (χ1v) is 8.55. The average molecular weight is 402 g/mol. The molecule has 142 valence electrons. The van der Waals surface area contributed by atoms with Gasteiger partial charge in [0.2, 0.25) is 0 Å². The highest BCUT2D eigenvalue weighted by Gasteiger charge is 2.12. The molecule has 0 spiro atoms. The Hall–Kier alpha value is -0.390. The van der Waals surface area contributed by atoms with E-state index in [4.69, 9.17) is 21.1 Å². The van der Waals surface area contributed by atoms with Crippen LogP contribution in [0.25, 0.3) is 0 Å². The van der Waals surface area contributed by atoms with Crippen LogP contribution < -0.4 is 14.8 Å². The molecule has 1 aromatic rings. The summed E-state index contributed by atoms with van der Waals surface area (Å²) in [7, 11) is 0. The molecule has 0 fully saturated rings. The van der Waals surface area contributed by atoms with Crippen LogP contribution in [0.4, 0.5) is 0 Å². The Bertz CT molecular complexity index is 444. The summed E-state index contributed by atoms with van der Waals surface area (Å²) < 4.78 is 11.2. The van der Waals surface area contributed by atoms with Gasteiger partial charge >= 0.3 is 0 Å². The van der Waals surface area contributed by atoms with Gasteiger partial charge in [0.05, 0.1) is 18.2 Å². The molecule has 0 aliphatic heterocycles. The molecule has 0 heterocycles. The summed E-state index contributed by atoms with van der Waals surface area (Å²) in [6.45, 7) is 14.4. The molecule has 1 N–H and O–H groups in total. The average Bonchev–Trinajstić information content (AvgIpc) is 2.51. The van der Waals surface area contributed by atoms with Crippen molar-refractivity contribution in [1.82, 2.24) is 10.2 Å². The van der Waals surface area contributed by atoms with Crippen molar-refractivity contribution in [3.63, 3.8) is 0 Å². The highest BCUT2D eigenvalue weighted by Crippen LogP contribution is 2.36. The minimum absolute atomic E-state index is 0. The predicted molar refractivity (Wildman–Crippen MR) is 108 cm³/mol. The van der Waals surface area contributed by atoms with Gasteiger partial charge in [0.1, 0.15) is 0 Å². The Morgan fingerprint density at radius 2 is 1.62 bits per heavy atom. The zero-order chi connectivity index (χ0) is 16.4. The van der Waals surface area contributed by atoms with Crippen LogP contribution in [0.1, 0.15) is 33.3 Å². The Kier molecular flexibility index (Phi) is 16.1. The van der Waals surface area contributed by atoms with Gasteiger partial charge in [-0.1, -0.05) is 25.4 Å². The maximum absolute atomic E-state index is 6.32. The Morgan fingerprint density at radius 3 is 2.17 bits per heavy atom. The van der Waals surface area contributed by atoms with Gasteiger partial charge in [-0.2, -0.15) is 0 Å². The van der Waals surface area contributed by atoms with E-state index >= 15 is 0 Å². The van der Waals surface area contributed by atoms with E-state index < -0.39 is 0 Å². The van der Waals surface area contributed by atoms with Crippen LogP contribution in [-0.2, 0) is 6.54 Å². The second-order valence-corrected chi connectivity index (χ2v) is 5.38. The summed E-state index contributed by atoms with van der Waals surface area (Å²) in [6, 6.07) is 3.95. The van der Waals surface area contributed by atoms with Gasteiger partial charge in [0, 0.05) is 19.6 Å². The van der Waals surface area contributed by atoms with E-state index in [0.717, 1.165) is 44.0 Å². The van der Waals surface area contributed by atoms with Gasteiger partial charge in [0.15, 0.2) is 11.5 Å². The van der Waals surface area contributed by atoms with E-state index in [9.17, 15) is 0 Å². The van der Waals surface area contributed by atoms with Crippen LogP contribution in [0.3, 0.4) is 0 Å². The number of ether oxygens (including phenoxy) is 2. The molecule has 0 aliphatic carbocycles. The van der Waals surface area contributed by atoms with Crippen molar-refractivity contribution in [2.45, 2.75) is 34.2 Å². The Labute approximate surface area is 164 Å². The summed E-state index contributed by atoms with van der Waals surface area (Å²) >= 11 is 6.32. The molecule has 0 unspecified atom stereocenters. The highest BCUT2D eigenvalue weighted by atomic mass is 35.5. The number of rotatable bonds is 11. The minimum Gasteiger partial charge on any atom is -0.490 e. The summed E-state index contributed by atoms with van der Waals surface area (Å²) in [5, 5.41) is 4.06. The molecule has 0 bridgehead atoms. The lowest BCUT2D eigenvalue weighted by Gasteiger charge is -2.18. The molecule has 7 heteroatoms. The standard InChI is InChI=1S/C17H29ClN2O2.2ClH/c1-5-20(6-2)10-9-19-13-14-11-15(18)17(22-8-4)16(12-14)21-7-3;;/h11-12,19H,5-10,13H2,1-4H3;2*1H. The SMILES string of the molecule is CCOc1cc(CNCCN(CC)CC)cc(Cl)c1OCC.Cl.Cl. The van der Waals surface area contributed by atoms with E-state index in [-0.39, 0.29) is 24.8 Å². The molecule has 0 radical (unpaired) electrons. The van der Waals surface area contributed by atoms with Gasteiger partial charge in [-0.05, 0) is 44.6 Å². The number of likely N-dealkylation sites (N-methyl/N-ethyl adjacent to an activating group) is 1. The smallest absolute Gasteiger partial charge is 0.179 e. The van der Waals surface area contributed by atoms with Crippen LogP contribution >= 0.6 is 36.4 Å². The molecule has 0 saturated carbocycles. The van der Waals surface area contributed by atoms with E-state index in [0.29, 0.717) is 24.0 Å². The fourth-order valence-electron chi connectivity index (χ4n) is 2.28. The van der Waals surface area contributed by atoms with Gasteiger partial charge in [-0.3, -0.25) is 0 Å². The van der Waals surface area contributed by atoms with Gasteiger partial charge < -0.3 is 19.7 Å². The van der Waals surface area contributed by atoms with Gasteiger partial charge in [0.25, 0.3) is 0 Å². The number of benzene rings is 1. The third kappa shape index (κ3) is 8.63. The van der Waals surface area contributed by atoms with Crippen molar-refractivity contribution < 1.29 is 9.47 Å². The molecular weight excluding hydrogens is 371 g/mol. The molecule has 1 aromatic carbocycles. The maximum Gasteiger partial charge on any atom is 0.179 e. The normalized spacial score (nSPS) is 10.1. The Balaban J connectivity index is 0. The van der Waals surface area contributed by atoms with Gasteiger partial charge in [-0.25, -0.2) is 0 Å². The number of hydrogen-bond donors (Lipinski definition) is 1. The molecule has 24 heavy (non-hydrogen) atoms. The monoisotopic (exact) mass is 400 g/mol. The molecular formula is C17H31Cl3N2O2. The van der Waals surface area contributed by atoms with Crippen LogP contribution in [-0.4, -0.2) is 44.3 Å². The van der Waals surface area contributed by atoms with E-state index in [1.165, 1.54) is 0 Å². The largest absolute Gasteiger partial charge is 0.490 e. The van der Waals surface area contributed by atoms with Crippen LogP contribution in [0.15, 0.2) is 12.1 Å². The molecule has 4 nitrogen and oxygen atoms in total. The first-order valence-electron chi connectivity index (χ1n) is 8.17. The number of halogens is 3. The van der Waals surface area contributed by atoms with Crippen molar-refractivity contribution in [3.8, 4) is 11.5 Å². The quantitative estimate of drug-likeness (QED) is 0.557. The third-order valence-electron chi connectivity index (χ3n) is 3.49. The second kappa shape index (κ2) is 14.9. The van der Waals surface area contributed by atoms with Gasteiger partial charge in [-0.15, -0.1) is 24.8 Å². The fraction of sp³-hybridized carbons (Fsp3) is 0.647. The van der Waals surface area contributed by atoms with Crippen LogP contribution in [0.2, 0.25) is 5.02 Å². The number of nitrogens with zero attached hydrogens (tertiary/aromatic N) is 1. The topological polar surface area (TPSA) is 33.7 Å². The van der Waals surface area contributed by atoms with Crippen molar-refractivity contribution in [2.75, 3.05) is 39.4 Å². The van der Waals surface area contributed by atoms with Crippen molar-refractivity contribution in [2.24, 2.45) is 0 Å². The number of nitrogens with one attached hydrogen (secondary N) is 1. The fourth-order valence-corrected chi connectivity index (χ4v) is 2.57. The molecule has 0 aliphatic rings. The summed E-state index contributed by atoms with van der Waals surface area (Å²) in [5.41, 5.74) is 1.11. The van der Waals surface area contributed by atoms with Crippen molar-refractivity contribution >= 4 is 36.4 Å². The van der Waals surface area contributed by atoms with Crippen LogP contribution in [0.5, 0.6) is 11.5 Å². The second-order valence-electron chi connectivity index (χ2n) is 4.97. The lowest BCUT2D eigenvalue weighted by Crippen LogP contribution is -2.31. The molecule has 0 amide bonds. The lowest BCUT2D eigenvalue weighted by atomic mass is 10.2. The molecule has 1 rings (SSSR count). The van der Waals surface area contributed by atoms with E-state index in [2.05, 4.69) is 24.1 Å². The van der Waals surface area contributed by atoms with E-state index in [1.807, 2.05) is 26.0 Å². The number of hydrogen-bond acceptors (Lipinski definition) is 4. The predicted octanol–water partition coefficient (Wildman–Crippen LogP) is 4.41. The maximum atomic E-state index is 6.32. The minimum atomic E-state index is 0. The first-order chi connectivity index (χ1) is 10.7. The zero-order valence-corrected chi connectivity index (χ0v) is 17.5.